The molecule has 0 radical (unpaired) electrons. The topological polar surface area (TPSA) is 93.7 Å². The van der Waals surface area contributed by atoms with Crippen molar-refractivity contribution in [3.05, 3.63) is 121 Å². The molecule has 0 saturated carbocycles. The van der Waals surface area contributed by atoms with E-state index in [1.807, 2.05) is 0 Å². The quantitative estimate of drug-likeness (QED) is 0.321. The zero-order chi connectivity index (χ0) is 22.4. The molecule has 0 saturated heterocycles. The van der Waals surface area contributed by atoms with E-state index in [1.54, 1.807) is 60.7 Å². The van der Waals surface area contributed by atoms with Gasteiger partial charge in [0.2, 0.25) is 5.76 Å². The minimum atomic E-state index is -0.825. The van der Waals surface area contributed by atoms with Crippen molar-refractivity contribution in [1.29, 1.82) is 0 Å². The van der Waals surface area contributed by atoms with Gasteiger partial charge in [0.1, 0.15) is 5.58 Å². The van der Waals surface area contributed by atoms with Crippen molar-refractivity contribution in [2.45, 2.75) is 12.6 Å². The van der Waals surface area contributed by atoms with Crippen molar-refractivity contribution in [1.82, 2.24) is 4.90 Å². The smallest absolute Gasteiger partial charge is 0.291 e. The van der Waals surface area contributed by atoms with Crippen LogP contribution >= 0.6 is 11.6 Å². The standard InChI is InChI=1S/C24H15ClN2O5/c25-16-10-8-14(9-11-16)13-26-21(15-4-3-5-17(12-15)27(30)31)20-22(28)18-6-1-2-7-19(18)32-23(20)24(26)29/h1-12,21H,13H2. The van der Waals surface area contributed by atoms with Gasteiger partial charge >= 0.3 is 0 Å². The van der Waals surface area contributed by atoms with Crippen molar-refractivity contribution in [3.63, 3.8) is 0 Å². The van der Waals surface area contributed by atoms with E-state index >= 15 is 0 Å². The Morgan fingerprint density at radius 1 is 1.00 bits per heavy atom. The zero-order valence-electron chi connectivity index (χ0n) is 16.5. The summed E-state index contributed by atoms with van der Waals surface area (Å²) in [4.78, 5) is 39.2. The molecular formula is C24H15ClN2O5. The monoisotopic (exact) mass is 446 g/mol. The number of benzene rings is 3. The molecule has 5 rings (SSSR count). The van der Waals surface area contributed by atoms with E-state index in [1.165, 1.54) is 17.0 Å². The Balaban J connectivity index is 1.72. The second-order valence-corrected chi connectivity index (χ2v) is 7.92. The van der Waals surface area contributed by atoms with Crippen molar-refractivity contribution in [2.75, 3.05) is 0 Å². The van der Waals surface area contributed by atoms with Gasteiger partial charge in [-0.2, -0.15) is 0 Å². The van der Waals surface area contributed by atoms with Crippen LogP contribution in [-0.2, 0) is 6.54 Å². The second-order valence-electron chi connectivity index (χ2n) is 7.48. The summed E-state index contributed by atoms with van der Waals surface area (Å²) in [6.45, 7) is 0.170. The molecule has 0 spiro atoms. The highest BCUT2D eigenvalue weighted by Gasteiger charge is 2.43. The van der Waals surface area contributed by atoms with Crippen molar-refractivity contribution >= 4 is 34.2 Å². The molecule has 1 aromatic heterocycles. The molecule has 0 N–H and O–H groups in total. The van der Waals surface area contributed by atoms with Gasteiger partial charge < -0.3 is 9.32 Å². The minimum absolute atomic E-state index is 0.0424. The van der Waals surface area contributed by atoms with Crippen LogP contribution in [0.25, 0.3) is 11.0 Å². The first kappa shape index (κ1) is 20.0. The number of carbonyl (C=O) groups is 1. The Morgan fingerprint density at radius 2 is 1.75 bits per heavy atom. The van der Waals surface area contributed by atoms with Crippen LogP contribution in [-0.4, -0.2) is 15.7 Å². The molecule has 32 heavy (non-hydrogen) atoms. The third-order valence-electron chi connectivity index (χ3n) is 5.54. The molecule has 1 amide bonds. The lowest BCUT2D eigenvalue weighted by Crippen LogP contribution is -2.29. The molecule has 0 fully saturated rings. The number of para-hydroxylation sites is 1. The molecule has 1 unspecified atom stereocenters. The van der Waals surface area contributed by atoms with Crippen molar-refractivity contribution in [3.8, 4) is 0 Å². The third-order valence-corrected chi connectivity index (χ3v) is 5.79. The van der Waals surface area contributed by atoms with E-state index in [4.69, 9.17) is 16.0 Å². The lowest BCUT2D eigenvalue weighted by molar-refractivity contribution is -0.384. The van der Waals surface area contributed by atoms with Gasteiger partial charge in [0.25, 0.3) is 11.6 Å². The molecule has 1 atom stereocenters. The van der Waals surface area contributed by atoms with Gasteiger partial charge in [-0.05, 0) is 35.4 Å². The van der Waals surface area contributed by atoms with Crippen LogP contribution in [0.5, 0.6) is 0 Å². The van der Waals surface area contributed by atoms with Gasteiger partial charge in [-0.25, -0.2) is 0 Å². The average molecular weight is 447 g/mol. The van der Waals surface area contributed by atoms with Crippen LogP contribution in [0.4, 0.5) is 5.69 Å². The van der Waals surface area contributed by atoms with Crippen LogP contribution in [0.2, 0.25) is 5.02 Å². The minimum Gasteiger partial charge on any atom is -0.450 e. The van der Waals surface area contributed by atoms with Gasteiger partial charge in [0.15, 0.2) is 5.43 Å². The lowest BCUT2D eigenvalue weighted by atomic mass is 9.98. The molecule has 158 valence electrons. The Labute approximate surface area is 186 Å². The van der Waals surface area contributed by atoms with E-state index in [0.717, 1.165) is 5.56 Å². The molecule has 3 aromatic carbocycles. The SMILES string of the molecule is O=C1c2oc3ccccc3c(=O)c2C(c2cccc([N+](=O)[O-])c2)N1Cc1ccc(Cl)cc1. The Hall–Kier alpha value is -3.97. The molecule has 0 bridgehead atoms. The zero-order valence-corrected chi connectivity index (χ0v) is 17.3. The van der Waals surface area contributed by atoms with Crippen molar-refractivity contribution in [2.24, 2.45) is 0 Å². The predicted octanol–water partition coefficient (Wildman–Crippen LogP) is 5.10. The number of amides is 1. The lowest BCUT2D eigenvalue weighted by Gasteiger charge is -2.25. The maximum Gasteiger partial charge on any atom is 0.291 e. The number of fused-ring (bicyclic) bond motifs is 2. The summed E-state index contributed by atoms with van der Waals surface area (Å²) in [6, 6.07) is 18.9. The fourth-order valence-corrected chi connectivity index (χ4v) is 4.20. The van der Waals surface area contributed by atoms with Gasteiger partial charge in [-0.15, -0.1) is 0 Å². The molecular weight excluding hydrogens is 432 g/mol. The van der Waals surface area contributed by atoms with E-state index in [2.05, 4.69) is 0 Å². The summed E-state index contributed by atoms with van der Waals surface area (Å²) in [6.07, 6.45) is 0. The number of hydrogen-bond donors (Lipinski definition) is 0. The first-order valence-electron chi connectivity index (χ1n) is 9.79. The number of nitrogens with zero attached hydrogens (tertiary/aromatic N) is 2. The largest absolute Gasteiger partial charge is 0.450 e. The number of nitro benzene ring substituents is 1. The molecule has 1 aliphatic rings. The Bertz CT molecular complexity index is 1450. The summed E-state index contributed by atoms with van der Waals surface area (Å²) in [7, 11) is 0. The van der Waals surface area contributed by atoms with Crippen molar-refractivity contribution < 1.29 is 14.1 Å². The van der Waals surface area contributed by atoms with E-state index in [-0.39, 0.29) is 29.0 Å². The van der Waals surface area contributed by atoms with Gasteiger partial charge in [-0.3, -0.25) is 19.7 Å². The Morgan fingerprint density at radius 3 is 2.50 bits per heavy atom. The van der Waals surface area contributed by atoms with Crippen LogP contribution in [0, 0.1) is 10.1 Å². The molecule has 4 aromatic rings. The first-order chi connectivity index (χ1) is 15.4. The van der Waals surface area contributed by atoms with E-state index in [0.29, 0.717) is 21.6 Å². The van der Waals surface area contributed by atoms with Crippen LogP contribution in [0.3, 0.4) is 0 Å². The van der Waals surface area contributed by atoms with E-state index in [9.17, 15) is 19.7 Å². The summed E-state index contributed by atoms with van der Waals surface area (Å²) < 4.78 is 5.87. The number of rotatable bonds is 4. The Kier molecular flexibility index (Phi) is 4.75. The van der Waals surface area contributed by atoms with E-state index < -0.39 is 16.9 Å². The van der Waals surface area contributed by atoms with Crippen LogP contribution in [0.1, 0.15) is 33.3 Å². The number of carbonyl (C=O) groups excluding carboxylic acids is 1. The highest BCUT2D eigenvalue weighted by atomic mass is 35.5. The highest BCUT2D eigenvalue weighted by Crippen LogP contribution is 2.40. The average Bonchev–Trinajstić information content (AvgIpc) is 3.07. The predicted molar refractivity (Wildman–Crippen MR) is 119 cm³/mol. The fraction of sp³-hybridized carbons (Fsp3) is 0.0833. The van der Waals surface area contributed by atoms with Gasteiger partial charge in [0.05, 0.1) is 21.9 Å². The molecule has 7 nitrogen and oxygen atoms in total. The summed E-state index contributed by atoms with van der Waals surface area (Å²) in [5.41, 5.74) is 1.30. The molecule has 8 heteroatoms. The summed E-state index contributed by atoms with van der Waals surface area (Å²) in [5, 5.41) is 12.3. The highest BCUT2D eigenvalue weighted by molar-refractivity contribution is 6.30. The van der Waals surface area contributed by atoms with Gasteiger partial charge in [0, 0.05) is 23.7 Å². The molecule has 1 aliphatic heterocycles. The van der Waals surface area contributed by atoms with Gasteiger partial charge in [-0.1, -0.05) is 48.0 Å². The van der Waals surface area contributed by atoms with Crippen LogP contribution in [0.15, 0.2) is 82.0 Å². The molecule has 0 aliphatic carbocycles. The fourth-order valence-electron chi connectivity index (χ4n) is 4.07. The first-order valence-corrected chi connectivity index (χ1v) is 10.2. The van der Waals surface area contributed by atoms with Crippen LogP contribution < -0.4 is 5.43 Å². The maximum atomic E-state index is 13.4. The second kappa shape index (κ2) is 7.62. The normalized spacial score (nSPS) is 15.2. The summed E-state index contributed by atoms with van der Waals surface area (Å²) >= 11 is 5.98. The number of non-ortho nitro benzene ring substituents is 1. The maximum absolute atomic E-state index is 13.4. The molecule has 2 heterocycles. The number of halogens is 1. The summed E-state index contributed by atoms with van der Waals surface area (Å²) in [5.74, 6) is -0.492. The number of hydrogen-bond acceptors (Lipinski definition) is 5. The number of nitro groups is 1. The third kappa shape index (κ3) is 3.23.